The molecule has 3 unspecified atom stereocenters. The summed E-state index contributed by atoms with van der Waals surface area (Å²) in [4.78, 5) is 23.2. The van der Waals surface area contributed by atoms with Crippen LogP contribution in [0.15, 0.2) is 12.2 Å². The average Bonchev–Trinajstić information content (AvgIpc) is 3.15. The summed E-state index contributed by atoms with van der Waals surface area (Å²) in [7, 11) is 0. The fraction of sp³-hybridized carbons (Fsp3) is 0.562. The van der Waals surface area contributed by atoms with E-state index in [-0.39, 0.29) is 18.2 Å². The Hall–Kier alpha value is -2.11. The maximum Gasteiger partial charge on any atom is 0.305 e. The molecule has 2 aliphatic rings. The van der Waals surface area contributed by atoms with Crippen LogP contribution in [0.1, 0.15) is 30.7 Å². The van der Waals surface area contributed by atoms with E-state index < -0.39 is 5.97 Å². The number of carbonyl (C=O) groups is 2. The second-order valence-corrected chi connectivity index (χ2v) is 6.29. The van der Waals surface area contributed by atoms with Crippen LogP contribution >= 0.6 is 0 Å². The highest BCUT2D eigenvalue weighted by Crippen LogP contribution is 2.43. The summed E-state index contributed by atoms with van der Waals surface area (Å²) >= 11 is 0. The SMILES string of the molecule is Cc1nn(CCC(=O)O)c(C)c1NC(=O)C1CC2C=CC1C2. The van der Waals surface area contributed by atoms with Crippen molar-refractivity contribution in [2.24, 2.45) is 17.8 Å². The second kappa shape index (κ2) is 5.59. The molecule has 0 spiro atoms. The number of allylic oxidation sites excluding steroid dienone is 2. The quantitative estimate of drug-likeness (QED) is 0.816. The molecule has 6 nitrogen and oxygen atoms in total. The summed E-state index contributed by atoms with van der Waals surface area (Å²) in [5, 5.41) is 16.1. The number of rotatable bonds is 5. The fourth-order valence-electron chi connectivity index (χ4n) is 3.60. The van der Waals surface area contributed by atoms with Gasteiger partial charge in [-0.15, -0.1) is 0 Å². The molecule has 1 aromatic heterocycles. The molecule has 1 saturated carbocycles. The van der Waals surface area contributed by atoms with Gasteiger partial charge in [0.25, 0.3) is 0 Å². The fourth-order valence-corrected chi connectivity index (χ4v) is 3.60. The van der Waals surface area contributed by atoms with Crippen molar-refractivity contribution in [2.75, 3.05) is 5.32 Å². The lowest BCUT2D eigenvalue weighted by Gasteiger charge is -2.17. The van der Waals surface area contributed by atoms with Crippen LogP contribution in [0.5, 0.6) is 0 Å². The molecule has 0 radical (unpaired) electrons. The molecule has 2 N–H and O–H groups in total. The summed E-state index contributed by atoms with van der Waals surface area (Å²) < 4.78 is 1.65. The maximum atomic E-state index is 12.5. The van der Waals surface area contributed by atoms with Gasteiger partial charge >= 0.3 is 5.97 Å². The molecule has 118 valence electrons. The molecule has 22 heavy (non-hydrogen) atoms. The molecule has 3 rings (SSSR count). The van der Waals surface area contributed by atoms with Crippen molar-refractivity contribution in [2.45, 2.75) is 39.7 Å². The van der Waals surface area contributed by atoms with Crippen molar-refractivity contribution in [3.63, 3.8) is 0 Å². The van der Waals surface area contributed by atoms with E-state index in [9.17, 15) is 9.59 Å². The zero-order valence-electron chi connectivity index (χ0n) is 12.9. The van der Waals surface area contributed by atoms with Crippen molar-refractivity contribution in [1.29, 1.82) is 0 Å². The highest BCUT2D eigenvalue weighted by atomic mass is 16.4. The van der Waals surface area contributed by atoms with Gasteiger partial charge in [0.2, 0.25) is 5.91 Å². The minimum atomic E-state index is -0.855. The van der Waals surface area contributed by atoms with Crippen molar-refractivity contribution in [3.8, 4) is 0 Å². The summed E-state index contributed by atoms with van der Waals surface area (Å²) in [6.07, 6.45) is 6.42. The van der Waals surface area contributed by atoms with E-state index >= 15 is 0 Å². The van der Waals surface area contributed by atoms with Gasteiger partial charge in [-0.25, -0.2) is 0 Å². The van der Waals surface area contributed by atoms with E-state index in [1.54, 1.807) is 4.68 Å². The molecule has 0 saturated heterocycles. The minimum absolute atomic E-state index is 0.0204. The molecule has 3 atom stereocenters. The van der Waals surface area contributed by atoms with Crippen LogP contribution in [0.3, 0.4) is 0 Å². The zero-order valence-corrected chi connectivity index (χ0v) is 12.9. The van der Waals surface area contributed by atoms with Gasteiger partial charge < -0.3 is 10.4 Å². The highest BCUT2D eigenvalue weighted by molar-refractivity contribution is 5.94. The van der Waals surface area contributed by atoms with Crippen LogP contribution in [0.2, 0.25) is 0 Å². The molecular weight excluding hydrogens is 282 g/mol. The Morgan fingerprint density at radius 1 is 1.36 bits per heavy atom. The van der Waals surface area contributed by atoms with Crippen molar-refractivity contribution in [1.82, 2.24) is 9.78 Å². The largest absolute Gasteiger partial charge is 0.481 e. The van der Waals surface area contributed by atoms with Crippen LogP contribution < -0.4 is 5.32 Å². The van der Waals surface area contributed by atoms with Crippen molar-refractivity contribution < 1.29 is 14.7 Å². The van der Waals surface area contributed by atoms with Crippen molar-refractivity contribution >= 4 is 17.6 Å². The molecule has 6 heteroatoms. The third kappa shape index (κ3) is 2.65. The number of nitrogens with zero attached hydrogens (tertiary/aromatic N) is 2. The van der Waals surface area contributed by atoms with Crippen LogP contribution in [0.25, 0.3) is 0 Å². The number of carboxylic acid groups (broad SMARTS) is 1. The van der Waals surface area contributed by atoms with Gasteiger partial charge in [0, 0.05) is 5.92 Å². The number of hydrogen-bond donors (Lipinski definition) is 2. The Bertz CT molecular complexity index is 647. The lowest BCUT2D eigenvalue weighted by Crippen LogP contribution is -2.26. The lowest BCUT2D eigenvalue weighted by molar-refractivity contribution is -0.137. The van der Waals surface area contributed by atoms with Gasteiger partial charge in [0.15, 0.2) is 0 Å². The zero-order chi connectivity index (χ0) is 15.9. The summed E-state index contributed by atoms with van der Waals surface area (Å²) in [6, 6.07) is 0. The number of aromatic nitrogens is 2. The van der Waals surface area contributed by atoms with Gasteiger partial charge in [-0.3, -0.25) is 14.3 Å². The molecule has 1 aromatic rings. The molecule has 1 fully saturated rings. The van der Waals surface area contributed by atoms with Gasteiger partial charge in [-0.05, 0) is 38.5 Å². The van der Waals surface area contributed by atoms with E-state index in [2.05, 4.69) is 22.6 Å². The topological polar surface area (TPSA) is 84.2 Å². The summed E-state index contributed by atoms with van der Waals surface area (Å²) in [6.45, 7) is 4.01. The third-order valence-corrected chi connectivity index (χ3v) is 4.78. The van der Waals surface area contributed by atoms with Crippen LogP contribution in [-0.4, -0.2) is 26.8 Å². The molecule has 0 aromatic carbocycles. The Kier molecular flexibility index (Phi) is 3.76. The van der Waals surface area contributed by atoms with Gasteiger partial charge in [-0.1, -0.05) is 12.2 Å². The van der Waals surface area contributed by atoms with Crippen LogP contribution in [0.4, 0.5) is 5.69 Å². The Morgan fingerprint density at radius 3 is 2.73 bits per heavy atom. The third-order valence-electron chi connectivity index (χ3n) is 4.78. The van der Waals surface area contributed by atoms with E-state index in [0.29, 0.717) is 18.4 Å². The summed E-state index contributed by atoms with van der Waals surface area (Å²) in [5.41, 5.74) is 2.27. The highest BCUT2D eigenvalue weighted by Gasteiger charge is 2.40. The first-order valence-corrected chi connectivity index (χ1v) is 7.70. The standard InChI is InChI=1S/C16H21N3O3/c1-9-15(10(2)19(18-9)6-5-14(20)21)17-16(22)13-8-11-3-4-12(13)7-11/h3-4,11-13H,5-8H2,1-2H3,(H,17,22)(H,20,21). The molecule has 2 aliphatic carbocycles. The summed E-state index contributed by atoms with van der Waals surface area (Å²) in [5.74, 6) is 0.179. The van der Waals surface area contributed by atoms with Crippen molar-refractivity contribution in [3.05, 3.63) is 23.5 Å². The smallest absolute Gasteiger partial charge is 0.305 e. The van der Waals surface area contributed by atoms with E-state index in [4.69, 9.17) is 5.11 Å². The predicted octanol–water partition coefficient (Wildman–Crippen LogP) is 2.13. The number of amides is 1. The van der Waals surface area contributed by atoms with Gasteiger partial charge in [-0.2, -0.15) is 5.10 Å². The van der Waals surface area contributed by atoms with E-state index in [1.165, 1.54) is 0 Å². The normalized spacial score (nSPS) is 25.6. The first-order valence-electron chi connectivity index (χ1n) is 7.70. The number of hydrogen-bond acceptors (Lipinski definition) is 3. The number of nitrogens with one attached hydrogen (secondary N) is 1. The number of fused-ring (bicyclic) bond motifs is 2. The number of carbonyl (C=O) groups excluding carboxylic acids is 1. The molecule has 1 heterocycles. The first-order chi connectivity index (χ1) is 10.5. The molecular formula is C16H21N3O3. The number of anilines is 1. The van der Waals surface area contributed by atoms with E-state index in [0.717, 1.165) is 29.9 Å². The Labute approximate surface area is 129 Å². The lowest BCUT2D eigenvalue weighted by atomic mass is 9.93. The van der Waals surface area contributed by atoms with Crippen LogP contribution in [-0.2, 0) is 16.1 Å². The molecule has 1 amide bonds. The number of aliphatic carboxylic acids is 1. The van der Waals surface area contributed by atoms with Gasteiger partial charge in [0.1, 0.15) is 0 Å². The average molecular weight is 303 g/mol. The molecule has 2 bridgehead atoms. The first kappa shape index (κ1) is 14.8. The number of carboxylic acids is 1. The predicted molar refractivity (Wildman–Crippen MR) is 81.4 cm³/mol. The minimum Gasteiger partial charge on any atom is -0.481 e. The Balaban J connectivity index is 1.71. The maximum absolute atomic E-state index is 12.5. The number of aryl methyl sites for hydroxylation is 2. The van der Waals surface area contributed by atoms with Crippen LogP contribution in [0, 0.1) is 31.6 Å². The van der Waals surface area contributed by atoms with Gasteiger partial charge in [0.05, 0.1) is 30.0 Å². The molecule has 0 aliphatic heterocycles. The monoisotopic (exact) mass is 303 g/mol. The van der Waals surface area contributed by atoms with E-state index in [1.807, 2.05) is 13.8 Å². The second-order valence-electron chi connectivity index (χ2n) is 6.29. The Morgan fingerprint density at radius 2 is 2.14 bits per heavy atom.